The van der Waals surface area contributed by atoms with E-state index in [1.807, 2.05) is 72.8 Å². The van der Waals surface area contributed by atoms with E-state index in [1.165, 1.54) is 0 Å². The summed E-state index contributed by atoms with van der Waals surface area (Å²) >= 11 is 0. The number of para-hydroxylation sites is 1. The van der Waals surface area contributed by atoms with Crippen molar-refractivity contribution in [3.63, 3.8) is 0 Å². The minimum atomic E-state index is 0.518. The quantitative estimate of drug-likeness (QED) is 0.161. The maximum absolute atomic E-state index is 7.08. The van der Waals surface area contributed by atoms with E-state index in [2.05, 4.69) is 140 Å². The summed E-state index contributed by atoms with van der Waals surface area (Å²) in [5.41, 5.74) is 14.3. The van der Waals surface area contributed by atoms with Gasteiger partial charge >= 0.3 is 0 Å². The summed E-state index contributed by atoms with van der Waals surface area (Å²) in [6, 6.07) is 73.1. The van der Waals surface area contributed by atoms with E-state index in [0.717, 1.165) is 99.5 Å². The lowest BCUT2D eigenvalue weighted by atomic mass is 9.92. The largest absolute Gasteiger partial charge is 0.455 e. The van der Waals surface area contributed by atoms with Crippen LogP contribution in [0.4, 0.5) is 0 Å². The Balaban J connectivity index is 1.10. The lowest BCUT2D eigenvalue weighted by Crippen LogP contribution is -2.00. The molecule has 0 N–H and O–H groups in total. The van der Waals surface area contributed by atoms with Gasteiger partial charge in [-0.1, -0.05) is 188 Å². The standard InChI is InChI=1S/C57H35N3O2/c1-6-18-36(19-7-1)41-32-34-44-43-28-16-30-47(52(43)62-53(44)49(41)38-22-10-3-11-23-38)57-59-55(40-26-14-5-15-27-40)58-56(60-57)46-29-17-31-48-51(46)45-35-33-42(37-20-8-2-9-21-37)50(54(45)61-48)39-24-12-4-13-25-39/h1-35H. The van der Waals surface area contributed by atoms with E-state index in [9.17, 15) is 0 Å². The number of furan rings is 2. The van der Waals surface area contributed by atoms with Crippen LogP contribution in [0.25, 0.3) is 123 Å². The molecule has 0 saturated carbocycles. The first kappa shape index (κ1) is 35.5. The van der Waals surface area contributed by atoms with Crippen LogP contribution >= 0.6 is 0 Å². The Morgan fingerprint density at radius 3 is 1.27 bits per heavy atom. The van der Waals surface area contributed by atoms with Crippen LogP contribution < -0.4 is 0 Å². The second-order valence-electron chi connectivity index (χ2n) is 15.4. The summed E-state index contributed by atoms with van der Waals surface area (Å²) in [7, 11) is 0. The SMILES string of the molecule is c1ccc(-c2nc(-c3cccc4c3oc3c(-c5ccccc5)c(-c5ccccc5)ccc34)nc(-c3cccc4oc5c(-c6ccccc6)c(-c6ccccc6)ccc5c34)n2)cc1. The predicted molar refractivity (Wildman–Crippen MR) is 252 cm³/mol. The lowest BCUT2D eigenvalue weighted by Gasteiger charge is -2.11. The zero-order chi connectivity index (χ0) is 41.0. The summed E-state index contributed by atoms with van der Waals surface area (Å²) in [5.74, 6) is 1.63. The molecule has 0 atom stereocenters. The number of benzene rings is 9. The minimum Gasteiger partial charge on any atom is -0.455 e. The molecule has 0 aliphatic rings. The van der Waals surface area contributed by atoms with Gasteiger partial charge in [-0.3, -0.25) is 0 Å². The molecule has 12 aromatic rings. The maximum atomic E-state index is 7.08. The molecule has 0 saturated heterocycles. The fraction of sp³-hybridized carbons (Fsp3) is 0. The average Bonchev–Trinajstić information content (AvgIpc) is 3.93. The van der Waals surface area contributed by atoms with Crippen molar-refractivity contribution in [2.24, 2.45) is 0 Å². The Hall–Kier alpha value is -8.41. The first-order valence-electron chi connectivity index (χ1n) is 20.8. The van der Waals surface area contributed by atoms with Crippen molar-refractivity contribution in [1.82, 2.24) is 15.0 Å². The van der Waals surface area contributed by atoms with E-state index in [1.54, 1.807) is 0 Å². The molecule has 0 amide bonds. The Labute approximate surface area is 357 Å². The highest BCUT2D eigenvalue weighted by Crippen LogP contribution is 2.46. The second-order valence-corrected chi connectivity index (χ2v) is 15.4. The minimum absolute atomic E-state index is 0.518. The van der Waals surface area contributed by atoms with Gasteiger partial charge in [-0.15, -0.1) is 0 Å². The van der Waals surface area contributed by atoms with Gasteiger partial charge in [0.2, 0.25) is 0 Å². The van der Waals surface area contributed by atoms with Crippen molar-refractivity contribution in [2.75, 3.05) is 0 Å². The Morgan fingerprint density at radius 2 is 0.694 bits per heavy atom. The Bertz CT molecular complexity index is 3600. The molecule has 5 nitrogen and oxygen atoms in total. The van der Waals surface area contributed by atoms with E-state index < -0.39 is 0 Å². The number of aromatic nitrogens is 3. The zero-order valence-electron chi connectivity index (χ0n) is 33.4. The molecule has 9 aromatic carbocycles. The van der Waals surface area contributed by atoms with E-state index >= 15 is 0 Å². The van der Waals surface area contributed by atoms with E-state index in [0.29, 0.717) is 23.1 Å². The van der Waals surface area contributed by atoms with Gasteiger partial charge in [0.25, 0.3) is 0 Å². The number of nitrogens with zero attached hydrogens (tertiary/aromatic N) is 3. The highest BCUT2D eigenvalue weighted by Gasteiger charge is 2.24. The number of fused-ring (bicyclic) bond motifs is 6. The highest BCUT2D eigenvalue weighted by molar-refractivity contribution is 6.18. The monoisotopic (exact) mass is 793 g/mol. The molecule has 0 unspecified atom stereocenters. The first-order valence-corrected chi connectivity index (χ1v) is 20.8. The van der Waals surface area contributed by atoms with Gasteiger partial charge in [0.05, 0.1) is 5.56 Å². The molecule has 0 fully saturated rings. The molecule has 290 valence electrons. The van der Waals surface area contributed by atoms with Crippen molar-refractivity contribution in [1.29, 1.82) is 0 Å². The number of hydrogen-bond acceptors (Lipinski definition) is 5. The van der Waals surface area contributed by atoms with Gasteiger partial charge in [-0.2, -0.15) is 0 Å². The summed E-state index contributed by atoms with van der Waals surface area (Å²) in [4.78, 5) is 15.7. The number of hydrogen-bond donors (Lipinski definition) is 0. The fourth-order valence-corrected chi connectivity index (χ4v) is 8.95. The van der Waals surface area contributed by atoms with E-state index in [-0.39, 0.29) is 0 Å². The van der Waals surface area contributed by atoms with Crippen LogP contribution in [0.15, 0.2) is 221 Å². The lowest BCUT2D eigenvalue weighted by molar-refractivity contribution is 0.670. The molecule has 0 bridgehead atoms. The van der Waals surface area contributed by atoms with Crippen molar-refractivity contribution < 1.29 is 8.83 Å². The summed E-state index contributed by atoms with van der Waals surface area (Å²) in [6.07, 6.45) is 0. The van der Waals surface area contributed by atoms with Gasteiger partial charge in [0.1, 0.15) is 22.3 Å². The van der Waals surface area contributed by atoms with Gasteiger partial charge in [-0.25, -0.2) is 15.0 Å². The van der Waals surface area contributed by atoms with Crippen LogP contribution in [0.5, 0.6) is 0 Å². The van der Waals surface area contributed by atoms with Crippen LogP contribution in [0.3, 0.4) is 0 Å². The third-order valence-corrected chi connectivity index (χ3v) is 11.8. The summed E-state index contributed by atoms with van der Waals surface area (Å²) in [6.45, 7) is 0. The Kier molecular flexibility index (Phi) is 8.42. The molecule has 0 aliphatic carbocycles. The van der Waals surface area contributed by atoms with Crippen LogP contribution in [-0.2, 0) is 0 Å². The predicted octanol–water partition coefficient (Wildman–Crippen LogP) is 15.3. The van der Waals surface area contributed by atoms with Crippen molar-refractivity contribution in [3.05, 3.63) is 212 Å². The van der Waals surface area contributed by atoms with Crippen LogP contribution in [0, 0.1) is 0 Å². The molecule has 3 heterocycles. The summed E-state index contributed by atoms with van der Waals surface area (Å²) in [5, 5.41) is 3.94. The Morgan fingerprint density at radius 1 is 0.258 bits per heavy atom. The van der Waals surface area contributed by atoms with Crippen molar-refractivity contribution in [3.8, 4) is 78.7 Å². The van der Waals surface area contributed by atoms with Crippen LogP contribution in [0.1, 0.15) is 0 Å². The molecule has 0 spiro atoms. The fourth-order valence-electron chi connectivity index (χ4n) is 8.95. The normalized spacial score (nSPS) is 11.5. The number of rotatable bonds is 7. The van der Waals surface area contributed by atoms with Crippen molar-refractivity contribution in [2.45, 2.75) is 0 Å². The summed E-state index contributed by atoms with van der Waals surface area (Å²) < 4.78 is 14.0. The molecule has 5 heteroatoms. The third-order valence-electron chi connectivity index (χ3n) is 11.8. The second kappa shape index (κ2) is 14.7. The topological polar surface area (TPSA) is 65.0 Å². The zero-order valence-corrected chi connectivity index (χ0v) is 33.4. The average molecular weight is 794 g/mol. The molecule has 0 aliphatic heterocycles. The molecular formula is C57H35N3O2. The smallest absolute Gasteiger partial charge is 0.167 e. The van der Waals surface area contributed by atoms with Crippen LogP contribution in [-0.4, -0.2) is 15.0 Å². The molecule has 62 heavy (non-hydrogen) atoms. The molecular weight excluding hydrogens is 759 g/mol. The van der Waals surface area contributed by atoms with E-state index in [4.69, 9.17) is 23.8 Å². The van der Waals surface area contributed by atoms with Gasteiger partial charge in [0, 0.05) is 43.8 Å². The van der Waals surface area contributed by atoms with Gasteiger partial charge in [-0.05, 0) is 57.6 Å². The third kappa shape index (κ3) is 5.90. The maximum Gasteiger partial charge on any atom is 0.167 e. The van der Waals surface area contributed by atoms with Gasteiger partial charge in [0.15, 0.2) is 17.5 Å². The molecule has 12 rings (SSSR count). The highest BCUT2D eigenvalue weighted by atomic mass is 16.3. The molecule has 3 aromatic heterocycles. The first-order chi connectivity index (χ1) is 30.8. The molecule has 0 radical (unpaired) electrons. The van der Waals surface area contributed by atoms with Crippen molar-refractivity contribution >= 4 is 43.9 Å². The van der Waals surface area contributed by atoms with Gasteiger partial charge < -0.3 is 8.83 Å². The van der Waals surface area contributed by atoms with Crippen LogP contribution in [0.2, 0.25) is 0 Å².